The SMILES string of the molecule is Cc1ccccc1NC(=O)COc1c(Cl)cc(C=Nn2c(-c3cc4ccccc4o3)nc3ccccc3c2=O)cc1[N+](=O)[O-]. The zero-order valence-electron chi connectivity index (χ0n) is 23.1. The fraction of sp³-hybridized carbons (Fsp3) is 0.0625. The number of nitrogens with zero attached hydrogens (tertiary/aromatic N) is 4. The lowest BCUT2D eigenvalue weighted by Gasteiger charge is -2.11. The molecule has 6 rings (SSSR count). The number of nitrogens with one attached hydrogen (secondary N) is 1. The van der Waals surface area contributed by atoms with E-state index in [1.54, 1.807) is 48.5 Å². The predicted molar refractivity (Wildman–Crippen MR) is 168 cm³/mol. The first kappa shape index (κ1) is 28.3. The minimum absolute atomic E-state index is 0.120. The number of rotatable bonds is 8. The van der Waals surface area contributed by atoms with Crippen LogP contribution in [-0.4, -0.2) is 33.3 Å². The molecule has 44 heavy (non-hydrogen) atoms. The molecule has 218 valence electrons. The van der Waals surface area contributed by atoms with Gasteiger partial charge < -0.3 is 14.5 Å². The lowest BCUT2D eigenvalue weighted by molar-refractivity contribution is -0.385. The molecule has 4 aromatic carbocycles. The molecule has 0 saturated heterocycles. The Morgan fingerprint density at radius 1 is 1.09 bits per heavy atom. The first-order chi connectivity index (χ1) is 21.3. The summed E-state index contributed by atoms with van der Waals surface area (Å²) in [5, 5.41) is 20.0. The number of benzene rings is 4. The van der Waals surface area contributed by atoms with Gasteiger partial charge >= 0.3 is 5.69 Å². The van der Waals surface area contributed by atoms with E-state index in [1.807, 2.05) is 37.3 Å². The molecule has 2 aromatic heterocycles. The van der Waals surface area contributed by atoms with Crippen molar-refractivity contribution in [2.24, 2.45) is 5.10 Å². The molecule has 0 atom stereocenters. The minimum Gasteiger partial charge on any atom is -0.476 e. The maximum atomic E-state index is 13.5. The van der Waals surface area contributed by atoms with Gasteiger partial charge in [0.2, 0.25) is 11.6 Å². The van der Waals surface area contributed by atoms with Crippen LogP contribution in [0.1, 0.15) is 11.1 Å². The summed E-state index contributed by atoms with van der Waals surface area (Å²) in [7, 11) is 0. The monoisotopic (exact) mass is 607 g/mol. The van der Waals surface area contributed by atoms with E-state index >= 15 is 0 Å². The van der Waals surface area contributed by atoms with Crippen LogP contribution in [0.5, 0.6) is 5.75 Å². The van der Waals surface area contributed by atoms with Gasteiger partial charge in [-0.05, 0) is 48.9 Å². The molecule has 0 spiro atoms. The van der Waals surface area contributed by atoms with Gasteiger partial charge in [-0.25, -0.2) is 4.98 Å². The standard InChI is InChI=1S/C32H22ClN5O6/c1-19-8-2-5-11-24(19)35-29(39)18-43-30-23(33)14-20(15-26(30)38(41)42)17-34-37-31(28-16-21-9-3-7-13-27(21)44-28)36-25-12-6-4-10-22(25)32(37)40/h2-17H,18H2,1H3,(H,35,39). The summed E-state index contributed by atoms with van der Waals surface area (Å²) in [6, 6.07) is 25.7. The number of ether oxygens (including phenoxy) is 1. The van der Waals surface area contributed by atoms with E-state index in [-0.39, 0.29) is 22.2 Å². The van der Waals surface area contributed by atoms with Gasteiger partial charge in [0.05, 0.1) is 27.1 Å². The largest absolute Gasteiger partial charge is 0.476 e. The highest BCUT2D eigenvalue weighted by Gasteiger charge is 2.22. The molecule has 0 aliphatic carbocycles. The molecule has 0 aliphatic heterocycles. The zero-order valence-corrected chi connectivity index (χ0v) is 23.8. The molecule has 1 amide bonds. The summed E-state index contributed by atoms with van der Waals surface area (Å²) in [5.74, 6) is -0.345. The molecule has 0 aliphatic rings. The number of hydrogen-bond donors (Lipinski definition) is 1. The number of aryl methyl sites for hydroxylation is 1. The second-order valence-electron chi connectivity index (χ2n) is 9.72. The third kappa shape index (κ3) is 5.63. The van der Waals surface area contributed by atoms with Crippen molar-refractivity contribution in [1.29, 1.82) is 0 Å². The van der Waals surface area contributed by atoms with E-state index in [0.29, 0.717) is 27.9 Å². The van der Waals surface area contributed by atoms with Gasteiger partial charge in [0, 0.05) is 22.7 Å². The summed E-state index contributed by atoms with van der Waals surface area (Å²) in [6.07, 6.45) is 1.25. The zero-order chi connectivity index (χ0) is 30.8. The summed E-state index contributed by atoms with van der Waals surface area (Å²) < 4.78 is 12.5. The third-order valence-corrected chi connectivity index (χ3v) is 7.01. The van der Waals surface area contributed by atoms with Gasteiger partial charge in [0.25, 0.3) is 11.5 Å². The van der Waals surface area contributed by atoms with Crippen molar-refractivity contribution < 1.29 is 18.9 Å². The van der Waals surface area contributed by atoms with Crippen LogP contribution in [0, 0.1) is 17.0 Å². The number of furan rings is 1. The summed E-state index contributed by atoms with van der Waals surface area (Å²) in [6.45, 7) is 1.32. The van der Waals surface area contributed by atoms with E-state index in [1.165, 1.54) is 18.3 Å². The van der Waals surface area contributed by atoms with Gasteiger partial charge in [-0.3, -0.25) is 19.7 Å². The third-order valence-electron chi connectivity index (χ3n) is 6.73. The van der Waals surface area contributed by atoms with Gasteiger partial charge in [-0.2, -0.15) is 9.78 Å². The first-order valence-electron chi connectivity index (χ1n) is 13.3. The van der Waals surface area contributed by atoms with Gasteiger partial charge in [0.1, 0.15) is 5.58 Å². The number of carbonyl (C=O) groups excluding carboxylic acids is 1. The molecule has 0 saturated carbocycles. The van der Waals surface area contributed by atoms with Crippen molar-refractivity contribution in [3.63, 3.8) is 0 Å². The summed E-state index contributed by atoms with van der Waals surface area (Å²) >= 11 is 6.39. The first-order valence-corrected chi connectivity index (χ1v) is 13.7. The molecule has 6 aromatic rings. The van der Waals surface area contributed by atoms with Crippen LogP contribution in [-0.2, 0) is 4.79 Å². The Balaban J connectivity index is 1.34. The van der Waals surface area contributed by atoms with Crippen molar-refractivity contribution in [2.75, 3.05) is 11.9 Å². The second kappa shape index (κ2) is 11.8. The van der Waals surface area contributed by atoms with Crippen LogP contribution >= 0.6 is 11.6 Å². The lowest BCUT2D eigenvalue weighted by Crippen LogP contribution is -2.21. The maximum absolute atomic E-state index is 13.5. The van der Waals surface area contributed by atoms with Crippen molar-refractivity contribution in [3.05, 3.63) is 128 Å². The quantitative estimate of drug-likeness (QED) is 0.117. The molecular formula is C32H22ClN5O6. The van der Waals surface area contributed by atoms with Crippen LogP contribution < -0.4 is 15.6 Å². The fourth-order valence-corrected chi connectivity index (χ4v) is 4.87. The van der Waals surface area contributed by atoms with Crippen LogP contribution in [0.3, 0.4) is 0 Å². The number of anilines is 1. The van der Waals surface area contributed by atoms with E-state index in [0.717, 1.165) is 15.6 Å². The number of halogens is 1. The Morgan fingerprint density at radius 3 is 2.64 bits per heavy atom. The number of hydrogen-bond acceptors (Lipinski definition) is 8. The average molecular weight is 608 g/mol. The van der Waals surface area contributed by atoms with E-state index < -0.39 is 28.7 Å². The smallest absolute Gasteiger partial charge is 0.313 e. The highest BCUT2D eigenvalue weighted by Crippen LogP contribution is 2.36. The maximum Gasteiger partial charge on any atom is 0.313 e. The van der Waals surface area contributed by atoms with Crippen LogP contribution in [0.25, 0.3) is 33.5 Å². The van der Waals surface area contributed by atoms with Crippen LogP contribution in [0.4, 0.5) is 11.4 Å². The van der Waals surface area contributed by atoms with Crippen LogP contribution in [0.15, 0.2) is 105 Å². The Labute approximate surface area is 254 Å². The summed E-state index contributed by atoms with van der Waals surface area (Å²) in [4.78, 5) is 41.9. The van der Waals surface area contributed by atoms with Crippen molar-refractivity contribution >= 4 is 57.0 Å². The normalized spacial score (nSPS) is 11.3. The van der Waals surface area contributed by atoms with E-state index in [9.17, 15) is 19.7 Å². The molecular weight excluding hydrogens is 586 g/mol. The number of para-hydroxylation sites is 3. The molecule has 2 heterocycles. The topological polar surface area (TPSA) is 142 Å². The van der Waals surface area contributed by atoms with Crippen LogP contribution in [0.2, 0.25) is 5.02 Å². The average Bonchev–Trinajstić information content (AvgIpc) is 3.45. The number of amides is 1. The van der Waals surface area contributed by atoms with Gasteiger partial charge in [-0.1, -0.05) is 60.1 Å². The number of aromatic nitrogens is 2. The molecule has 0 unspecified atom stereocenters. The van der Waals surface area contributed by atoms with Crippen molar-refractivity contribution in [1.82, 2.24) is 9.66 Å². The highest BCUT2D eigenvalue weighted by atomic mass is 35.5. The number of nitro groups is 1. The Morgan fingerprint density at radius 2 is 1.84 bits per heavy atom. The fourth-order valence-electron chi connectivity index (χ4n) is 4.60. The van der Waals surface area contributed by atoms with E-state index in [4.69, 9.17) is 20.8 Å². The van der Waals surface area contributed by atoms with E-state index in [2.05, 4.69) is 15.4 Å². The van der Waals surface area contributed by atoms with Gasteiger partial charge in [0.15, 0.2) is 12.4 Å². The second-order valence-corrected chi connectivity index (χ2v) is 10.1. The van der Waals surface area contributed by atoms with Crippen molar-refractivity contribution in [3.8, 4) is 17.3 Å². The molecule has 0 radical (unpaired) electrons. The Hall–Kier alpha value is -5.81. The predicted octanol–water partition coefficient (Wildman–Crippen LogP) is 6.58. The van der Waals surface area contributed by atoms with Gasteiger partial charge in [-0.15, -0.1) is 0 Å². The molecule has 0 bridgehead atoms. The minimum atomic E-state index is -0.679. The van der Waals surface area contributed by atoms with Crippen molar-refractivity contribution in [2.45, 2.75) is 6.92 Å². The number of carbonyl (C=O) groups is 1. The molecule has 1 N–H and O–H groups in total. The summed E-state index contributed by atoms with van der Waals surface area (Å²) in [5.41, 5.74) is 1.74. The number of fused-ring (bicyclic) bond motifs is 2. The molecule has 12 heteroatoms. The Kier molecular flexibility index (Phi) is 7.61. The molecule has 0 fully saturated rings. The molecule has 11 nitrogen and oxygen atoms in total. The number of nitro benzene ring substituents is 1. The highest BCUT2D eigenvalue weighted by molar-refractivity contribution is 6.32. The lowest BCUT2D eigenvalue weighted by atomic mass is 10.2. The Bertz CT molecular complexity index is 2140.